The van der Waals surface area contributed by atoms with Gasteiger partial charge in [-0.05, 0) is 36.6 Å². The molecule has 4 rings (SSSR count). The summed E-state index contributed by atoms with van der Waals surface area (Å²) in [5.74, 6) is 1.44. The molecule has 6 nitrogen and oxygen atoms in total. The molecule has 1 saturated heterocycles. The summed E-state index contributed by atoms with van der Waals surface area (Å²) in [6.45, 7) is 2.21. The van der Waals surface area contributed by atoms with Crippen molar-refractivity contribution in [3.05, 3.63) is 54.3 Å². The molecular weight excluding hydrogens is 292 g/mol. The molecule has 0 radical (unpaired) electrons. The van der Waals surface area contributed by atoms with Crippen LogP contribution < -0.4 is 0 Å². The first-order valence-corrected chi connectivity index (χ1v) is 7.86. The van der Waals surface area contributed by atoms with Gasteiger partial charge in [-0.3, -0.25) is 4.98 Å². The van der Waals surface area contributed by atoms with Gasteiger partial charge in [-0.1, -0.05) is 6.07 Å². The summed E-state index contributed by atoms with van der Waals surface area (Å²) >= 11 is 0. The highest BCUT2D eigenvalue weighted by atomic mass is 16.5. The lowest BCUT2D eigenvalue weighted by atomic mass is 10.0. The van der Waals surface area contributed by atoms with Crippen LogP contribution in [0.15, 0.2) is 47.3 Å². The Labute approximate surface area is 134 Å². The lowest BCUT2D eigenvalue weighted by Crippen LogP contribution is -2.15. The van der Waals surface area contributed by atoms with Crippen LogP contribution in [0.25, 0.3) is 11.6 Å². The van der Waals surface area contributed by atoms with E-state index in [9.17, 15) is 0 Å². The molecule has 0 amide bonds. The molecule has 0 aliphatic carbocycles. The molecule has 4 heterocycles. The van der Waals surface area contributed by atoms with Crippen LogP contribution in [0, 0.1) is 0 Å². The molecule has 0 N–H and O–H groups in total. The average Bonchev–Trinajstić information content (AvgIpc) is 3.25. The third-order valence-electron chi connectivity index (χ3n) is 4.07. The van der Waals surface area contributed by atoms with Crippen molar-refractivity contribution in [2.75, 3.05) is 13.2 Å². The number of rotatable bonds is 4. The maximum Gasteiger partial charge on any atom is 0.264 e. The fraction of sp³-hybridized carbons (Fsp3) is 0.353. The van der Waals surface area contributed by atoms with Gasteiger partial charge in [-0.25, -0.2) is 0 Å². The van der Waals surface area contributed by atoms with Gasteiger partial charge in [0.05, 0.1) is 12.5 Å². The summed E-state index contributed by atoms with van der Waals surface area (Å²) < 4.78 is 13.5. The van der Waals surface area contributed by atoms with Crippen LogP contribution in [0.4, 0.5) is 0 Å². The zero-order chi connectivity index (χ0) is 15.5. The van der Waals surface area contributed by atoms with Gasteiger partial charge in [0.25, 0.3) is 5.89 Å². The molecule has 1 aliphatic rings. The lowest BCUT2D eigenvalue weighted by Gasteiger charge is -2.18. The van der Waals surface area contributed by atoms with Crippen molar-refractivity contribution in [3.8, 4) is 11.6 Å². The largest absolute Gasteiger partial charge is 0.419 e. The van der Waals surface area contributed by atoms with Crippen molar-refractivity contribution in [2.45, 2.75) is 25.3 Å². The minimum Gasteiger partial charge on any atom is -0.419 e. The second-order valence-electron chi connectivity index (χ2n) is 5.74. The first-order valence-electron chi connectivity index (χ1n) is 7.86. The fourth-order valence-electron chi connectivity index (χ4n) is 2.87. The molecular formula is C17H18N4O2. The second-order valence-corrected chi connectivity index (χ2v) is 5.74. The number of nitrogens with zero attached hydrogens (tertiary/aromatic N) is 4. The SMILES string of the molecule is c1cncc(Cn2cccc2-c2nnc(C3CCCOC3)o2)c1. The lowest BCUT2D eigenvalue weighted by molar-refractivity contribution is 0.0727. The molecule has 0 spiro atoms. The van der Waals surface area contributed by atoms with E-state index in [2.05, 4.69) is 25.8 Å². The minimum atomic E-state index is 0.215. The minimum absolute atomic E-state index is 0.215. The maximum absolute atomic E-state index is 5.91. The maximum atomic E-state index is 5.91. The topological polar surface area (TPSA) is 66.0 Å². The second kappa shape index (κ2) is 6.34. The van der Waals surface area contributed by atoms with Crippen LogP contribution in [0.5, 0.6) is 0 Å². The summed E-state index contributed by atoms with van der Waals surface area (Å²) in [7, 11) is 0. The van der Waals surface area contributed by atoms with Crippen LogP contribution in [-0.4, -0.2) is 33.0 Å². The molecule has 23 heavy (non-hydrogen) atoms. The third-order valence-corrected chi connectivity index (χ3v) is 4.07. The molecule has 3 aromatic heterocycles. The average molecular weight is 310 g/mol. The summed E-state index contributed by atoms with van der Waals surface area (Å²) in [6, 6.07) is 7.96. The Kier molecular flexibility index (Phi) is 3.90. The van der Waals surface area contributed by atoms with Gasteiger partial charge in [0.2, 0.25) is 5.89 Å². The van der Waals surface area contributed by atoms with Gasteiger partial charge < -0.3 is 13.7 Å². The van der Waals surface area contributed by atoms with E-state index in [1.165, 1.54) is 0 Å². The van der Waals surface area contributed by atoms with Crippen molar-refractivity contribution in [1.29, 1.82) is 0 Å². The van der Waals surface area contributed by atoms with Crippen LogP contribution in [-0.2, 0) is 11.3 Å². The van der Waals surface area contributed by atoms with Crippen molar-refractivity contribution in [3.63, 3.8) is 0 Å². The summed E-state index contributed by atoms with van der Waals surface area (Å²) in [5.41, 5.74) is 2.05. The van der Waals surface area contributed by atoms with Crippen molar-refractivity contribution in [2.24, 2.45) is 0 Å². The monoisotopic (exact) mass is 310 g/mol. The van der Waals surface area contributed by atoms with Crippen LogP contribution in [0.3, 0.4) is 0 Å². The molecule has 0 bridgehead atoms. The highest BCUT2D eigenvalue weighted by Gasteiger charge is 2.23. The Morgan fingerprint density at radius 2 is 2.22 bits per heavy atom. The summed E-state index contributed by atoms with van der Waals surface area (Å²) in [4.78, 5) is 4.15. The van der Waals surface area contributed by atoms with E-state index in [0.717, 1.165) is 37.3 Å². The summed E-state index contributed by atoms with van der Waals surface area (Å²) in [6.07, 6.45) is 7.73. The van der Waals surface area contributed by atoms with Crippen LogP contribution >= 0.6 is 0 Å². The van der Waals surface area contributed by atoms with Crippen LogP contribution in [0.2, 0.25) is 0 Å². The fourth-order valence-corrected chi connectivity index (χ4v) is 2.87. The quantitative estimate of drug-likeness (QED) is 0.741. The van der Waals surface area contributed by atoms with E-state index < -0.39 is 0 Å². The Hall–Kier alpha value is -2.47. The number of aromatic nitrogens is 4. The van der Waals surface area contributed by atoms with Gasteiger partial charge in [0.15, 0.2) is 0 Å². The zero-order valence-electron chi connectivity index (χ0n) is 12.8. The van der Waals surface area contributed by atoms with Gasteiger partial charge in [0.1, 0.15) is 5.69 Å². The normalized spacial score (nSPS) is 18.2. The number of hydrogen-bond donors (Lipinski definition) is 0. The Morgan fingerprint density at radius 1 is 1.22 bits per heavy atom. The number of ether oxygens (including phenoxy) is 1. The molecule has 1 fully saturated rings. The first kappa shape index (κ1) is 14.1. The Bertz CT molecular complexity index is 760. The Morgan fingerprint density at radius 3 is 3.04 bits per heavy atom. The predicted molar refractivity (Wildman–Crippen MR) is 83.9 cm³/mol. The molecule has 1 aliphatic heterocycles. The number of hydrogen-bond acceptors (Lipinski definition) is 5. The smallest absolute Gasteiger partial charge is 0.264 e. The highest BCUT2D eigenvalue weighted by molar-refractivity contribution is 5.48. The molecule has 6 heteroatoms. The third kappa shape index (κ3) is 3.03. The van der Waals surface area contributed by atoms with Gasteiger partial charge >= 0.3 is 0 Å². The zero-order valence-corrected chi connectivity index (χ0v) is 12.8. The molecule has 1 atom stereocenters. The highest BCUT2D eigenvalue weighted by Crippen LogP contribution is 2.27. The predicted octanol–water partition coefficient (Wildman–Crippen LogP) is 2.88. The van der Waals surface area contributed by atoms with E-state index in [1.54, 1.807) is 6.20 Å². The van der Waals surface area contributed by atoms with Crippen LogP contribution in [0.1, 0.15) is 30.2 Å². The van der Waals surface area contributed by atoms with E-state index in [4.69, 9.17) is 9.15 Å². The van der Waals surface area contributed by atoms with E-state index >= 15 is 0 Å². The van der Waals surface area contributed by atoms with E-state index in [0.29, 0.717) is 18.4 Å². The Balaban J connectivity index is 1.57. The van der Waals surface area contributed by atoms with Crippen molar-refractivity contribution in [1.82, 2.24) is 19.7 Å². The van der Waals surface area contributed by atoms with E-state index in [1.807, 2.05) is 30.6 Å². The molecule has 3 aromatic rings. The standard InChI is InChI=1S/C17H18N4O2/c1-4-13(10-18-7-1)11-21-8-2-6-15(21)17-20-19-16(23-17)14-5-3-9-22-12-14/h1-2,4,6-8,10,14H,3,5,9,11-12H2. The van der Waals surface area contributed by atoms with Crippen molar-refractivity contribution < 1.29 is 9.15 Å². The molecule has 1 unspecified atom stereocenters. The summed E-state index contributed by atoms with van der Waals surface area (Å²) in [5, 5.41) is 8.45. The van der Waals surface area contributed by atoms with Gasteiger partial charge in [-0.15, -0.1) is 10.2 Å². The van der Waals surface area contributed by atoms with Crippen molar-refractivity contribution >= 4 is 0 Å². The first-order chi connectivity index (χ1) is 11.4. The van der Waals surface area contributed by atoms with Gasteiger partial charge in [-0.2, -0.15) is 0 Å². The van der Waals surface area contributed by atoms with E-state index in [-0.39, 0.29) is 5.92 Å². The van der Waals surface area contributed by atoms with Gasteiger partial charge in [0, 0.05) is 31.7 Å². The molecule has 0 saturated carbocycles. The molecule has 0 aromatic carbocycles. The number of pyridine rings is 1. The molecule has 118 valence electrons.